The second-order valence-corrected chi connectivity index (χ2v) is 11.6. The van der Waals surface area contributed by atoms with Gasteiger partial charge in [-0.25, -0.2) is 9.59 Å². The molecule has 31 heavy (non-hydrogen) atoms. The summed E-state index contributed by atoms with van der Waals surface area (Å²) < 4.78 is 10.2. The third-order valence-electron chi connectivity index (χ3n) is 4.81. The van der Waals surface area contributed by atoms with Gasteiger partial charge in [-0.3, -0.25) is 9.59 Å². The molecule has 11 heteroatoms. The number of esters is 2. The highest BCUT2D eigenvalue weighted by molar-refractivity contribution is 8.25. The molecule has 3 heterocycles. The zero-order chi connectivity index (χ0) is 22.8. The van der Waals surface area contributed by atoms with Crippen LogP contribution in [0.1, 0.15) is 13.8 Å². The van der Waals surface area contributed by atoms with E-state index >= 15 is 0 Å². The van der Waals surface area contributed by atoms with Crippen molar-refractivity contribution in [2.45, 2.75) is 36.1 Å². The van der Waals surface area contributed by atoms with Gasteiger partial charge in [-0.2, -0.15) is 0 Å². The summed E-state index contributed by atoms with van der Waals surface area (Å²) in [6, 6.07) is -1.60. The summed E-state index contributed by atoms with van der Waals surface area (Å²) in [5, 5.41) is 2.26. The van der Waals surface area contributed by atoms with Gasteiger partial charge in [0, 0.05) is 16.3 Å². The van der Waals surface area contributed by atoms with Gasteiger partial charge in [-0.15, -0.1) is 35.3 Å². The van der Waals surface area contributed by atoms with Crippen LogP contribution in [-0.4, -0.2) is 75.6 Å². The van der Waals surface area contributed by atoms with E-state index in [1.807, 2.05) is 13.8 Å². The molecular formula is C20H24N2O6S3. The fraction of sp³-hybridized carbons (Fsp3) is 0.500. The quantitative estimate of drug-likeness (QED) is 0.138. The molecule has 0 aromatic carbocycles. The molecular weight excluding hydrogens is 460 g/mol. The number of β-lactam (4-membered cyclic amide) rings is 1. The predicted octanol–water partition coefficient (Wildman–Crippen LogP) is 1.68. The van der Waals surface area contributed by atoms with Crippen molar-refractivity contribution in [2.24, 2.45) is 0 Å². The summed E-state index contributed by atoms with van der Waals surface area (Å²) in [5.41, 5.74) is -0.0928. The second kappa shape index (κ2) is 9.74. The molecule has 3 saturated heterocycles. The smallest absolute Gasteiger partial charge is 0.345 e. The van der Waals surface area contributed by atoms with Crippen LogP contribution in [0, 0.1) is 0 Å². The number of fused-ring (bicyclic) bond motifs is 1. The molecule has 2 amide bonds. The Morgan fingerprint density at radius 1 is 1.16 bits per heavy atom. The number of rotatable bonds is 8. The Balaban J connectivity index is 1.75. The zero-order valence-electron chi connectivity index (χ0n) is 17.3. The summed E-state index contributed by atoms with van der Waals surface area (Å²) in [6.07, 6.45) is 2.88. The molecule has 1 N–H and O–H groups in total. The molecule has 3 fully saturated rings. The highest BCUT2D eigenvalue weighted by atomic mass is 32.2. The zero-order valence-corrected chi connectivity index (χ0v) is 19.7. The third-order valence-corrected chi connectivity index (χ3v) is 9.10. The average molecular weight is 485 g/mol. The van der Waals surface area contributed by atoms with Gasteiger partial charge in [0.25, 0.3) is 5.91 Å². The predicted molar refractivity (Wildman–Crippen MR) is 122 cm³/mol. The number of nitrogens with zero attached hydrogens (tertiary/aromatic N) is 1. The van der Waals surface area contributed by atoms with Crippen LogP contribution in [-0.2, 0) is 28.7 Å². The van der Waals surface area contributed by atoms with Crippen molar-refractivity contribution in [1.29, 1.82) is 0 Å². The summed E-state index contributed by atoms with van der Waals surface area (Å²) in [5.74, 6) is -0.727. The molecule has 3 aliphatic heterocycles. The topological polar surface area (TPSA) is 102 Å². The molecule has 8 nitrogen and oxygen atoms in total. The molecule has 0 aromatic heterocycles. The van der Waals surface area contributed by atoms with Gasteiger partial charge < -0.3 is 19.7 Å². The fourth-order valence-corrected chi connectivity index (χ4v) is 7.62. The van der Waals surface area contributed by atoms with E-state index in [-0.39, 0.29) is 24.7 Å². The van der Waals surface area contributed by atoms with E-state index in [4.69, 9.17) is 9.47 Å². The lowest BCUT2D eigenvalue weighted by Crippen LogP contribution is -2.71. The molecule has 3 aliphatic rings. The van der Waals surface area contributed by atoms with E-state index in [0.29, 0.717) is 4.24 Å². The Morgan fingerprint density at radius 2 is 1.77 bits per heavy atom. The largest absolute Gasteiger partial charge is 0.460 e. The molecule has 3 rings (SSSR count). The monoisotopic (exact) mass is 484 g/mol. The molecule has 0 aliphatic carbocycles. The maximum absolute atomic E-state index is 13.0. The van der Waals surface area contributed by atoms with Gasteiger partial charge in [0.15, 0.2) is 0 Å². The molecule has 3 atom stereocenters. The number of carbonyl (C=O) groups excluding carboxylic acids is 4. The molecule has 0 radical (unpaired) electrons. The van der Waals surface area contributed by atoms with E-state index in [0.717, 1.165) is 11.5 Å². The first-order valence-electron chi connectivity index (χ1n) is 9.59. The summed E-state index contributed by atoms with van der Waals surface area (Å²) >= 11 is 4.24. The lowest BCUT2D eigenvalue weighted by Gasteiger charge is -2.43. The average Bonchev–Trinajstić information content (AvgIpc) is 3.33. The van der Waals surface area contributed by atoms with E-state index in [9.17, 15) is 19.2 Å². The van der Waals surface area contributed by atoms with Crippen LogP contribution in [0.25, 0.3) is 0 Å². The van der Waals surface area contributed by atoms with Crippen molar-refractivity contribution in [3.8, 4) is 0 Å². The van der Waals surface area contributed by atoms with Gasteiger partial charge in [-0.05, 0) is 13.8 Å². The minimum atomic E-state index is -0.840. The molecule has 1 unspecified atom stereocenters. The lowest BCUT2D eigenvalue weighted by molar-refractivity contribution is -0.163. The molecule has 0 saturated carbocycles. The van der Waals surface area contributed by atoms with Crippen LogP contribution in [0.15, 0.2) is 35.1 Å². The molecule has 0 spiro atoms. The summed E-state index contributed by atoms with van der Waals surface area (Å²) in [4.78, 5) is 52.3. The van der Waals surface area contributed by atoms with Crippen molar-refractivity contribution >= 4 is 59.0 Å². The fourth-order valence-electron chi connectivity index (χ4n) is 3.49. The molecule has 0 aromatic rings. The van der Waals surface area contributed by atoms with E-state index in [1.165, 1.54) is 52.3 Å². The Morgan fingerprint density at radius 3 is 2.39 bits per heavy atom. The SMILES string of the molecule is C=CCOC(=O)C(C(=O)N[C@@H]1C(=O)N2C(C(=O)OCC=C)C(C)(C)S[C@@H]12)=C1SCCS1. The highest BCUT2D eigenvalue weighted by Gasteiger charge is 2.64. The summed E-state index contributed by atoms with van der Waals surface area (Å²) in [7, 11) is 0. The van der Waals surface area contributed by atoms with Crippen molar-refractivity contribution in [3.63, 3.8) is 0 Å². The van der Waals surface area contributed by atoms with Crippen LogP contribution in [0.3, 0.4) is 0 Å². The van der Waals surface area contributed by atoms with Gasteiger partial charge >= 0.3 is 11.9 Å². The maximum Gasteiger partial charge on any atom is 0.345 e. The van der Waals surface area contributed by atoms with E-state index < -0.39 is 40.1 Å². The Labute approximate surface area is 193 Å². The number of carbonyl (C=O) groups is 4. The van der Waals surface area contributed by atoms with Gasteiger partial charge in [0.05, 0.1) is 4.24 Å². The Bertz CT molecular complexity index is 848. The first-order chi connectivity index (χ1) is 14.7. The Hall–Kier alpha value is -1.85. The van der Waals surface area contributed by atoms with Crippen LogP contribution in [0.2, 0.25) is 0 Å². The first kappa shape index (κ1) is 23.8. The second-order valence-electron chi connectivity index (χ2n) is 7.38. The van der Waals surface area contributed by atoms with Crippen molar-refractivity contribution in [2.75, 3.05) is 24.7 Å². The van der Waals surface area contributed by atoms with E-state index in [2.05, 4.69) is 18.5 Å². The van der Waals surface area contributed by atoms with Gasteiger partial charge in [0.1, 0.15) is 36.2 Å². The Kier molecular flexibility index (Phi) is 7.48. The third kappa shape index (κ3) is 4.68. The standard InChI is InChI=1S/C20H24N2O6S3/c1-5-7-27-17(25)11(19-29-9-10-30-19)14(23)21-12-15(24)22-13(18(26)28-8-6-2)20(3,4)31-16(12)22/h5-6,12-13,16H,1-2,7-10H2,3-4H3,(H,21,23)/t12-,13?,16+/m1/s1. The molecule has 0 bridgehead atoms. The number of ether oxygens (including phenoxy) is 2. The van der Waals surface area contributed by atoms with E-state index in [1.54, 1.807) is 0 Å². The normalized spacial score (nSPS) is 25.9. The van der Waals surface area contributed by atoms with Crippen molar-refractivity contribution in [1.82, 2.24) is 10.2 Å². The lowest BCUT2D eigenvalue weighted by atomic mass is 9.96. The first-order valence-corrected chi connectivity index (χ1v) is 12.4. The number of hydrogen-bond donors (Lipinski definition) is 1. The van der Waals surface area contributed by atoms with Crippen LogP contribution in [0.4, 0.5) is 0 Å². The minimum Gasteiger partial charge on any atom is -0.460 e. The number of thioether (sulfide) groups is 3. The summed E-state index contributed by atoms with van der Waals surface area (Å²) in [6.45, 7) is 10.8. The van der Waals surface area contributed by atoms with Crippen molar-refractivity contribution in [3.05, 3.63) is 35.1 Å². The van der Waals surface area contributed by atoms with Gasteiger partial charge in [-0.1, -0.05) is 25.3 Å². The van der Waals surface area contributed by atoms with Crippen LogP contribution in [0.5, 0.6) is 0 Å². The highest BCUT2D eigenvalue weighted by Crippen LogP contribution is 2.51. The van der Waals surface area contributed by atoms with Crippen molar-refractivity contribution < 1.29 is 28.7 Å². The number of amides is 2. The maximum atomic E-state index is 13.0. The van der Waals surface area contributed by atoms with Crippen LogP contribution >= 0.6 is 35.3 Å². The van der Waals surface area contributed by atoms with Gasteiger partial charge in [0.2, 0.25) is 5.91 Å². The molecule has 168 valence electrons. The minimum absolute atomic E-state index is 0.0183. The number of nitrogens with one attached hydrogen (secondary N) is 1. The van der Waals surface area contributed by atoms with Crippen LogP contribution < -0.4 is 5.32 Å². The number of hydrogen-bond acceptors (Lipinski definition) is 9.